The summed E-state index contributed by atoms with van der Waals surface area (Å²) < 4.78 is 13.1. The third kappa shape index (κ3) is 5.69. The zero-order valence-electron chi connectivity index (χ0n) is 15.9. The standard InChI is InChI=1S/C21H22Cl2FN3O2/c1-13(14-4-7-16(24)8-5-14)25-20(28)12-27-10-2-3-19(27)21(29)26-18-11-15(22)6-9-17(18)23/h4-9,11,13,19H,2-3,10,12H2,1H3,(H,25,28)(H,26,29). The Hall–Kier alpha value is -2.15. The van der Waals surface area contributed by atoms with Crippen molar-refractivity contribution in [2.45, 2.75) is 31.8 Å². The molecule has 3 rings (SSSR count). The Balaban J connectivity index is 1.58. The average Bonchev–Trinajstić information content (AvgIpc) is 3.13. The topological polar surface area (TPSA) is 61.4 Å². The van der Waals surface area contributed by atoms with Gasteiger partial charge in [0.05, 0.1) is 29.3 Å². The van der Waals surface area contributed by atoms with Crippen LogP contribution in [-0.2, 0) is 9.59 Å². The number of hydrogen-bond donors (Lipinski definition) is 2. The maximum atomic E-state index is 13.1. The van der Waals surface area contributed by atoms with E-state index in [9.17, 15) is 14.0 Å². The summed E-state index contributed by atoms with van der Waals surface area (Å²) in [7, 11) is 0. The second kappa shape index (κ2) is 9.57. The molecule has 0 spiro atoms. The van der Waals surface area contributed by atoms with Crippen LogP contribution in [0.25, 0.3) is 0 Å². The molecule has 2 N–H and O–H groups in total. The molecule has 29 heavy (non-hydrogen) atoms. The highest BCUT2D eigenvalue weighted by molar-refractivity contribution is 6.35. The fourth-order valence-corrected chi connectivity index (χ4v) is 3.76. The highest BCUT2D eigenvalue weighted by Gasteiger charge is 2.32. The van der Waals surface area contributed by atoms with Crippen molar-refractivity contribution in [1.29, 1.82) is 0 Å². The van der Waals surface area contributed by atoms with E-state index in [1.165, 1.54) is 12.1 Å². The van der Waals surface area contributed by atoms with Crippen LogP contribution in [0.1, 0.15) is 31.4 Å². The Labute approximate surface area is 179 Å². The van der Waals surface area contributed by atoms with E-state index in [-0.39, 0.29) is 30.2 Å². The SMILES string of the molecule is CC(NC(=O)CN1CCCC1C(=O)Nc1cc(Cl)ccc1Cl)c1ccc(F)cc1. The summed E-state index contributed by atoms with van der Waals surface area (Å²) in [6.07, 6.45) is 1.48. The first-order valence-electron chi connectivity index (χ1n) is 9.38. The number of carbonyl (C=O) groups excluding carboxylic acids is 2. The van der Waals surface area contributed by atoms with E-state index in [0.29, 0.717) is 28.7 Å². The van der Waals surface area contributed by atoms with E-state index < -0.39 is 6.04 Å². The fourth-order valence-electron chi connectivity index (χ4n) is 3.43. The van der Waals surface area contributed by atoms with E-state index in [1.807, 2.05) is 11.8 Å². The van der Waals surface area contributed by atoms with Gasteiger partial charge in [-0.15, -0.1) is 0 Å². The monoisotopic (exact) mass is 437 g/mol. The molecule has 0 radical (unpaired) electrons. The lowest BCUT2D eigenvalue weighted by atomic mass is 10.1. The van der Waals surface area contributed by atoms with Crippen molar-refractivity contribution in [3.63, 3.8) is 0 Å². The smallest absolute Gasteiger partial charge is 0.241 e. The first kappa shape index (κ1) is 21.6. The molecule has 2 aromatic carbocycles. The molecule has 2 aromatic rings. The number of rotatable bonds is 6. The van der Waals surface area contributed by atoms with Crippen molar-refractivity contribution in [2.75, 3.05) is 18.4 Å². The number of anilines is 1. The van der Waals surface area contributed by atoms with E-state index >= 15 is 0 Å². The normalized spacial score (nSPS) is 17.7. The summed E-state index contributed by atoms with van der Waals surface area (Å²) in [6.45, 7) is 2.59. The second-order valence-corrected chi connectivity index (χ2v) is 7.93. The van der Waals surface area contributed by atoms with Crippen LogP contribution in [0.2, 0.25) is 10.0 Å². The predicted octanol–water partition coefficient (Wildman–Crippen LogP) is 4.41. The number of hydrogen-bond acceptors (Lipinski definition) is 3. The summed E-state index contributed by atoms with van der Waals surface area (Å²) in [5.74, 6) is -0.730. The predicted molar refractivity (Wildman–Crippen MR) is 113 cm³/mol. The highest BCUT2D eigenvalue weighted by Crippen LogP contribution is 2.27. The zero-order chi connectivity index (χ0) is 21.0. The van der Waals surface area contributed by atoms with Crippen LogP contribution in [0, 0.1) is 5.82 Å². The highest BCUT2D eigenvalue weighted by atomic mass is 35.5. The van der Waals surface area contributed by atoms with Crippen LogP contribution in [0.4, 0.5) is 10.1 Å². The minimum Gasteiger partial charge on any atom is -0.348 e. The second-order valence-electron chi connectivity index (χ2n) is 7.08. The number of benzene rings is 2. The molecule has 1 saturated heterocycles. The Morgan fingerprint density at radius 2 is 1.93 bits per heavy atom. The van der Waals surface area contributed by atoms with Gasteiger partial charge < -0.3 is 10.6 Å². The fraction of sp³-hybridized carbons (Fsp3) is 0.333. The van der Waals surface area contributed by atoms with Crippen LogP contribution in [0.5, 0.6) is 0 Å². The molecule has 2 atom stereocenters. The van der Waals surface area contributed by atoms with Gasteiger partial charge >= 0.3 is 0 Å². The first-order chi connectivity index (χ1) is 13.8. The van der Waals surface area contributed by atoms with E-state index in [1.54, 1.807) is 30.3 Å². The molecule has 5 nitrogen and oxygen atoms in total. The van der Waals surface area contributed by atoms with Crippen molar-refractivity contribution < 1.29 is 14.0 Å². The minimum absolute atomic E-state index is 0.104. The average molecular weight is 438 g/mol. The molecule has 8 heteroatoms. The van der Waals surface area contributed by atoms with Gasteiger partial charge in [-0.2, -0.15) is 0 Å². The summed E-state index contributed by atoms with van der Waals surface area (Å²) in [5.41, 5.74) is 1.26. The first-order valence-corrected chi connectivity index (χ1v) is 10.1. The van der Waals surface area contributed by atoms with E-state index in [0.717, 1.165) is 12.0 Å². The number of amides is 2. The molecule has 2 amide bonds. The summed E-state index contributed by atoms with van der Waals surface area (Å²) in [6, 6.07) is 10.2. The Kier molecular flexibility index (Phi) is 7.11. The number of nitrogens with zero attached hydrogens (tertiary/aromatic N) is 1. The molecule has 0 aliphatic carbocycles. The lowest BCUT2D eigenvalue weighted by molar-refractivity contribution is -0.125. The van der Waals surface area contributed by atoms with Crippen molar-refractivity contribution in [1.82, 2.24) is 10.2 Å². The number of carbonyl (C=O) groups is 2. The molecule has 0 bridgehead atoms. The largest absolute Gasteiger partial charge is 0.348 e. The van der Waals surface area contributed by atoms with Crippen LogP contribution in [0.15, 0.2) is 42.5 Å². The lowest BCUT2D eigenvalue weighted by Crippen LogP contribution is -2.45. The van der Waals surface area contributed by atoms with Gasteiger partial charge in [-0.05, 0) is 62.2 Å². The van der Waals surface area contributed by atoms with Gasteiger partial charge in [0.25, 0.3) is 0 Å². The zero-order valence-corrected chi connectivity index (χ0v) is 17.4. The van der Waals surface area contributed by atoms with Gasteiger partial charge in [-0.25, -0.2) is 4.39 Å². The molecule has 0 saturated carbocycles. The maximum absolute atomic E-state index is 13.1. The molecule has 1 heterocycles. The molecule has 1 fully saturated rings. The van der Waals surface area contributed by atoms with Gasteiger partial charge in [-0.3, -0.25) is 14.5 Å². The Bertz CT molecular complexity index is 892. The van der Waals surface area contributed by atoms with Crippen LogP contribution < -0.4 is 10.6 Å². The van der Waals surface area contributed by atoms with Gasteiger partial charge in [0.15, 0.2) is 0 Å². The summed E-state index contributed by atoms with van der Waals surface area (Å²) >= 11 is 12.1. The third-order valence-corrected chi connectivity index (χ3v) is 5.51. The Morgan fingerprint density at radius 3 is 2.66 bits per heavy atom. The third-order valence-electron chi connectivity index (χ3n) is 4.95. The lowest BCUT2D eigenvalue weighted by Gasteiger charge is -2.24. The molecular weight excluding hydrogens is 416 g/mol. The number of halogens is 3. The van der Waals surface area contributed by atoms with Gasteiger partial charge in [0, 0.05) is 5.02 Å². The van der Waals surface area contributed by atoms with Gasteiger partial charge in [-0.1, -0.05) is 35.3 Å². The molecule has 154 valence electrons. The number of nitrogens with one attached hydrogen (secondary N) is 2. The van der Waals surface area contributed by atoms with Crippen LogP contribution in [0.3, 0.4) is 0 Å². The molecule has 2 unspecified atom stereocenters. The molecule has 1 aliphatic rings. The molecular formula is C21H22Cl2FN3O2. The summed E-state index contributed by atoms with van der Waals surface area (Å²) in [5, 5.41) is 6.57. The van der Waals surface area contributed by atoms with Crippen molar-refractivity contribution in [3.05, 3.63) is 63.9 Å². The van der Waals surface area contributed by atoms with Gasteiger partial charge in [0.2, 0.25) is 11.8 Å². The molecule has 0 aromatic heterocycles. The van der Waals surface area contributed by atoms with E-state index in [4.69, 9.17) is 23.2 Å². The maximum Gasteiger partial charge on any atom is 0.241 e. The van der Waals surface area contributed by atoms with Crippen molar-refractivity contribution in [3.8, 4) is 0 Å². The summed E-state index contributed by atoms with van der Waals surface area (Å²) in [4.78, 5) is 27.0. The van der Waals surface area contributed by atoms with Crippen molar-refractivity contribution in [2.24, 2.45) is 0 Å². The van der Waals surface area contributed by atoms with Gasteiger partial charge in [0.1, 0.15) is 5.82 Å². The van der Waals surface area contributed by atoms with Crippen LogP contribution in [-0.4, -0.2) is 35.8 Å². The number of likely N-dealkylation sites (tertiary alicyclic amines) is 1. The molecule has 1 aliphatic heterocycles. The Morgan fingerprint density at radius 1 is 1.21 bits per heavy atom. The van der Waals surface area contributed by atoms with Crippen molar-refractivity contribution >= 4 is 40.7 Å². The van der Waals surface area contributed by atoms with Crippen LogP contribution >= 0.6 is 23.2 Å². The quantitative estimate of drug-likeness (QED) is 0.703. The van der Waals surface area contributed by atoms with E-state index in [2.05, 4.69) is 10.6 Å². The minimum atomic E-state index is -0.420.